The zero-order chi connectivity index (χ0) is 14.3. The van der Waals surface area contributed by atoms with Crippen molar-refractivity contribution >= 4 is 16.7 Å². The quantitative estimate of drug-likeness (QED) is 0.925. The van der Waals surface area contributed by atoms with E-state index in [9.17, 15) is 9.59 Å². The maximum atomic E-state index is 12.6. The van der Waals surface area contributed by atoms with Crippen LogP contribution in [0.4, 0.5) is 0 Å². The van der Waals surface area contributed by atoms with Crippen LogP contribution in [0.15, 0.2) is 29.1 Å². The number of hydrogen-bond acceptors (Lipinski definition) is 3. The summed E-state index contributed by atoms with van der Waals surface area (Å²) in [6.07, 6.45) is 2.36. The lowest BCUT2D eigenvalue weighted by Gasteiger charge is -2.24. The molecule has 0 saturated heterocycles. The number of benzene rings is 1. The van der Waals surface area contributed by atoms with Crippen LogP contribution < -0.4 is 5.56 Å². The van der Waals surface area contributed by atoms with Crippen molar-refractivity contribution in [2.45, 2.75) is 25.8 Å². The predicted molar refractivity (Wildman–Crippen MR) is 76.6 cm³/mol. The van der Waals surface area contributed by atoms with Gasteiger partial charge in [-0.3, -0.25) is 9.59 Å². The van der Waals surface area contributed by atoms with E-state index >= 15 is 0 Å². The molecule has 1 fully saturated rings. The van der Waals surface area contributed by atoms with Gasteiger partial charge >= 0.3 is 0 Å². The number of carbonyl (C=O) groups is 1. The van der Waals surface area contributed by atoms with Crippen molar-refractivity contribution in [3.05, 3.63) is 40.3 Å². The van der Waals surface area contributed by atoms with Gasteiger partial charge < -0.3 is 4.90 Å². The second-order valence-corrected chi connectivity index (χ2v) is 5.44. The lowest BCUT2D eigenvalue weighted by Crippen LogP contribution is -2.37. The highest BCUT2D eigenvalue weighted by molar-refractivity contribution is 6.04. The molecule has 1 atom stereocenters. The van der Waals surface area contributed by atoms with Gasteiger partial charge in [-0.2, -0.15) is 5.10 Å². The molecule has 1 amide bonds. The molecule has 1 heterocycles. The van der Waals surface area contributed by atoms with Crippen molar-refractivity contribution in [2.75, 3.05) is 7.05 Å². The summed E-state index contributed by atoms with van der Waals surface area (Å²) >= 11 is 0. The molecule has 0 aliphatic heterocycles. The summed E-state index contributed by atoms with van der Waals surface area (Å²) < 4.78 is 0. The van der Waals surface area contributed by atoms with Crippen LogP contribution in [-0.4, -0.2) is 34.1 Å². The molecule has 0 bridgehead atoms. The van der Waals surface area contributed by atoms with Gasteiger partial charge in [-0.1, -0.05) is 18.2 Å². The van der Waals surface area contributed by atoms with Crippen molar-refractivity contribution in [2.24, 2.45) is 5.92 Å². The summed E-state index contributed by atoms with van der Waals surface area (Å²) in [6.45, 7) is 2.06. The molecular formula is C15H17N3O2. The molecule has 3 rings (SSSR count). The van der Waals surface area contributed by atoms with Crippen molar-refractivity contribution < 1.29 is 4.79 Å². The average Bonchev–Trinajstić information content (AvgIpc) is 3.30. The van der Waals surface area contributed by atoms with Gasteiger partial charge in [0, 0.05) is 18.5 Å². The van der Waals surface area contributed by atoms with E-state index < -0.39 is 0 Å². The molecular weight excluding hydrogens is 254 g/mol. The topological polar surface area (TPSA) is 66.1 Å². The van der Waals surface area contributed by atoms with E-state index in [1.807, 2.05) is 6.07 Å². The van der Waals surface area contributed by atoms with Gasteiger partial charge in [0.2, 0.25) is 0 Å². The lowest BCUT2D eigenvalue weighted by molar-refractivity contribution is 0.0722. The zero-order valence-corrected chi connectivity index (χ0v) is 11.6. The van der Waals surface area contributed by atoms with E-state index in [4.69, 9.17) is 0 Å². The predicted octanol–water partition coefficient (Wildman–Crippen LogP) is 1.79. The normalized spacial score (nSPS) is 16.1. The van der Waals surface area contributed by atoms with Crippen molar-refractivity contribution in [3.8, 4) is 0 Å². The summed E-state index contributed by atoms with van der Waals surface area (Å²) in [6, 6.07) is 7.26. The molecule has 1 N–H and O–H groups in total. The van der Waals surface area contributed by atoms with Gasteiger partial charge in [-0.05, 0) is 31.7 Å². The average molecular weight is 271 g/mol. The van der Waals surface area contributed by atoms with Crippen molar-refractivity contribution in [1.29, 1.82) is 0 Å². The Hall–Kier alpha value is -2.17. The first kappa shape index (κ1) is 12.8. The minimum Gasteiger partial charge on any atom is -0.337 e. The molecule has 20 heavy (non-hydrogen) atoms. The first-order valence-corrected chi connectivity index (χ1v) is 6.84. The van der Waals surface area contributed by atoms with E-state index in [0.717, 1.165) is 0 Å². The van der Waals surface area contributed by atoms with E-state index in [1.54, 1.807) is 30.1 Å². The number of nitrogens with one attached hydrogen (secondary N) is 1. The maximum absolute atomic E-state index is 12.6. The second-order valence-electron chi connectivity index (χ2n) is 5.44. The standard InChI is InChI=1S/C15H17N3O2/c1-9(10-7-8-10)18(2)15(20)13-11-5-3-4-6-12(11)14(19)17-16-13/h3-6,9-10H,7-8H2,1-2H3,(H,17,19). The molecule has 2 aromatic rings. The third-order valence-corrected chi connectivity index (χ3v) is 4.13. The highest BCUT2D eigenvalue weighted by Crippen LogP contribution is 2.35. The summed E-state index contributed by atoms with van der Waals surface area (Å²) in [5.41, 5.74) is 0.0465. The van der Waals surface area contributed by atoms with E-state index in [0.29, 0.717) is 22.4 Å². The molecule has 1 aliphatic rings. The third kappa shape index (κ3) is 2.09. The molecule has 1 aliphatic carbocycles. The van der Waals surface area contributed by atoms with Gasteiger partial charge in [-0.25, -0.2) is 5.10 Å². The molecule has 1 aromatic carbocycles. The zero-order valence-electron chi connectivity index (χ0n) is 11.6. The summed E-state index contributed by atoms with van der Waals surface area (Å²) in [5.74, 6) is 0.454. The van der Waals surface area contributed by atoms with Gasteiger partial charge in [-0.15, -0.1) is 0 Å². The second kappa shape index (κ2) is 4.74. The number of fused-ring (bicyclic) bond motifs is 1. The number of H-pyrrole nitrogens is 1. The monoisotopic (exact) mass is 271 g/mol. The van der Waals surface area contributed by atoms with E-state index in [-0.39, 0.29) is 17.5 Å². The van der Waals surface area contributed by atoms with Crippen LogP contribution in [0.3, 0.4) is 0 Å². The fourth-order valence-electron chi connectivity index (χ4n) is 2.52. The number of hydrogen-bond donors (Lipinski definition) is 1. The first-order valence-electron chi connectivity index (χ1n) is 6.84. The van der Waals surface area contributed by atoms with Crippen LogP contribution in [0.5, 0.6) is 0 Å². The number of aromatic nitrogens is 2. The SMILES string of the molecule is CC(C1CC1)N(C)C(=O)c1n[nH]c(=O)c2ccccc12. The molecule has 0 radical (unpaired) electrons. The van der Waals surface area contributed by atoms with Crippen LogP contribution >= 0.6 is 0 Å². The Labute approximate surface area is 116 Å². The highest BCUT2D eigenvalue weighted by Gasteiger charge is 2.33. The Bertz CT molecular complexity index is 718. The fraction of sp³-hybridized carbons (Fsp3) is 0.400. The first-order chi connectivity index (χ1) is 9.59. The Morgan fingerprint density at radius 2 is 2.00 bits per heavy atom. The maximum Gasteiger partial charge on any atom is 0.274 e. The largest absolute Gasteiger partial charge is 0.337 e. The van der Waals surface area contributed by atoms with E-state index in [1.165, 1.54) is 12.8 Å². The molecule has 1 aromatic heterocycles. The number of amides is 1. The van der Waals surface area contributed by atoms with E-state index in [2.05, 4.69) is 17.1 Å². The summed E-state index contributed by atoms with van der Waals surface area (Å²) in [5, 5.41) is 7.48. The van der Waals surface area contributed by atoms with Crippen LogP contribution in [-0.2, 0) is 0 Å². The Kier molecular flexibility index (Phi) is 3.04. The third-order valence-electron chi connectivity index (χ3n) is 4.13. The van der Waals surface area contributed by atoms with Crippen molar-refractivity contribution in [1.82, 2.24) is 15.1 Å². The van der Waals surface area contributed by atoms with Crippen molar-refractivity contribution in [3.63, 3.8) is 0 Å². The molecule has 1 saturated carbocycles. The molecule has 104 valence electrons. The van der Waals surface area contributed by atoms with Crippen LogP contribution in [0.1, 0.15) is 30.3 Å². The Morgan fingerprint density at radius 1 is 1.35 bits per heavy atom. The van der Waals surface area contributed by atoms with Crippen LogP contribution in [0.2, 0.25) is 0 Å². The summed E-state index contributed by atoms with van der Waals surface area (Å²) in [4.78, 5) is 26.0. The number of nitrogens with zero attached hydrogens (tertiary/aromatic N) is 2. The smallest absolute Gasteiger partial charge is 0.274 e. The molecule has 1 unspecified atom stereocenters. The van der Waals surface area contributed by atoms with Gasteiger partial charge in [0.25, 0.3) is 11.5 Å². The highest BCUT2D eigenvalue weighted by atomic mass is 16.2. The summed E-state index contributed by atoms with van der Waals surface area (Å²) in [7, 11) is 1.80. The Morgan fingerprint density at radius 3 is 2.65 bits per heavy atom. The number of aromatic amines is 1. The number of carbonyl (C=O) groups excluding carboxylic acids is 1. The van der Waals surface area contributed by atoms with Crippen LogP contribution in [0, 0.1) is 5.92 Å². The van der Waals surface area contributed by atoms with Gasteiger partial charge in [0.1, 0.15) is 0 Å². The minimum atomic E-state index is -0.268. The van der Waals surface area contributed by atoms with Gasteiger partial charge in [0.15, 0.2) is 5.69 Å². The number of rotatable bonds is 3. The minimum absolute atomic E-state index is 0.142. The molecule has 5 heteroatoms. The van der Waals surface area contributed by atoms with Crippen LogP contribution in [0.25, 0.3) is 10.8 Å². The molecule has 5 nitrogen and oxygen atoms in total. The molecule has 0 spiro atoms. The Balaban J connectivity index is 2.03. The fourth-order valence-corrected chi connectivity index (χ4v) is 2.52. The van der Waals surface area contributed by atoms with Gasteiger partial charge in [0.05, 0.1) is 5.39 Å². The lowest BCUT2D eigenvalue weighted by atomic mass is 10.1.